The van der Waals surface area contributed by atoms with Crippen LogP contribution in [0.3, 0.4) is 0 Å². The Labute approximate surface area is 175 Å². The van der Waals surface area contributed by atoms with Crippen molar-refractivity contribution >= 4 is 23.6 Å². The van der Waals surface area contributed by atoms with E-state index in [2.05, 4.69) is 5.43 Å². The number of hydrogen-bond donors (Lipinski definition) is 2. The fraction of sp³-hybridized carbons (Fsp3) is 0.190. The third kappa shape index (κ3) is 4.02. The highest BCUT2D eigenvalue weighted by molar-refractivity contribution is 5.79. The van der Waals surface area contributed by atoms with Crippen LogP contribution >= 0.6 is 0 Å². The number of fused-ring (bicyclic) bond motifs is 2. The molecule has 0 aliphatic carbocycles. The van der Waals surface area contributed by atoms with Crippen LogP contribution in [0.5, 0.6) is 0 Å². The number of benzene rings is 2. The van der Waals surface area contributed by atoms with E-state index in [1.807, 2.05) is 24.3 Å². The van der Waals surface area contributed by atoms with Crippen LogP contribution in [0.1, 0.15) is 12.5 Å². The maximum absolute atomic E-state index is 12.9. The lowest BCUT2D eigenvalue weighted by molar-refractivity contribution is -0.143. The highest BCUT2D eigenvalue weighted by Crippen LogP contribution is 2.34. The molecule has 0 unspecified atom stereocenters. The smallest absolute Gasteiger partial charge is 0.416 e. The molecule has 2 aromatic carbocycles. The first-order valence-corrected chi connectivity index (χ1v) is 9.20. The van der Waals surface area contributed by atoms with E-state index in [4.69, 9.17) is 4.74 Å². The Morgan fingerprint density at radius 2 is 1.81 bits per heavy atom. The number of esters is 1. The molecule has 0 amide bonds. The second kappa shape index (κ2) is 8.23. The number of aliphatic hydroxyl groups excluding tert-OH is 1. The summed E-state index contributed by atoms with van der Waals surface area (Å²) < 4.78 is 43.6. The Balaban J connectivity index is 0.00000272. The van der Waals surface area contributed by atoms with Gasteiger partial charge in [-0.05, 0) is 31.2 Å². The predicted octanol–water partition coefficient (Wildman–Crippen LogP) is 1.36. The summed E-state index contributed by atoms with van der Waals surface area (Å²) in [6, 6.07) is 11.8. The van der Waals surface area contributed by atoms with Crippen LogP contribution in [0.25, 0.3) is 11.9 Å². The largest absolute Gasteiger partial charge is 0.492 e. The van der Waals surface area contributed by atoms with Gasteiger partial charge in [0.05, 0.1) is 23.6 Å². The van der Waals surface area contributed by atoms with Gasteiger partial charge < -0.3 is 20.2 Å². The third-order valence-corrected chi connectivity index (χ3v) is 4.75. The summed E-state index contributed by atoms with van der Waals surface area (Å²) in [5, 5.41) is 13.8. The van der Waals surface area contributed by atoms with Gasteiger partial charge in [0.2, 0.25) is 5.88 Å². The van der Waals surface area contributed by atoms with Crippen molar-refractivity contribution in [1.82, 2.24) is 10.3 Å². The second-order valence-electron chi connectivity index (χ2n) is 6.69. The van der Waals surface area contributed by atoms with E-state index in [0.717, 1.165) is 22.6 Å². The summed E-state index contributed by atoms with van der Waals surface area (Å²) in [6.45, 7) is 1.79. The lowest BCUT2D eigenvalue weighted by atomic mass is 10.1. The minimum absolute atomic E-state index is 0. The maximum Gasteiger partial charge on any atom is 0.416 e. The molecule has 0 aromatic heterocycles. The average Bonchev–Trinajstić information content (AvgIpc) is 3.06. The molecule has 0 saturated carbocycles. The normalized spacial score (nSPS) is 14.9. The van der Waals surface area contributed by atoms with Crippen LogP contribution < -0.4 is 20.9 Å². The molecule has 4 N–H and O–H groups in total. The van der Waals surface area contributed by atoms with Crippen molar-refractivity contribution in [3.05, 3.63) is 76.1 Å². The van der Waals surface area contributed by atoms with E-state index in [1.54, 1.807) is 18.0 Å². The van der Waals surface area contributed by atoms with Crippen molar-refractivity contribution in [3.63, 3.8) is 0 Å². The minimum Gasteiger partial charge on any atom is -0.492 e. The topological polar surface area (TPSA) is 96.5 Å². The summed E-state index contributed by atoms with van der Waals surface area (Å²) in [6.07, 6.45) is -2.73. The molecule has 0 spiro atoms. The van der Waals surface area contributed by atoms with Gasteiger partial charge in [0.1, 0.15) is 12.2 Å². The molecule has 31 heavy (non-hydrogen) atoms. The molecule has 0 bridgehead atoms. The standard InChI is InChI=1S/C21H18F3N3O3.H2O/c1-2-30-17(28)12-26-11-13-5-3-4-6-16(13)18-19(26)20(29)27(25-18)15-9-7-14(8-10-15)21(22,23)24;/h3-11,25,29H,2,12H2,1H3;1H2. The van der Waals surface area contributed by atoms with Crippen molar-refractivity contribution in [2.75, 3.05) is 18.2 Å². The fourth-order valence-electron chi connectivity index (χ4n) is 3.42. The number of hydrogen-bond acceptors (Lipinski definition) is 6. The Morgan fingerprint density at radius 1 is 1.13 bits per heavy atom. The molecule has 0 atom stereocenters. The van der Waals surface area contributed by atoms with Crippen molar-refractivity contribution in [2.24, 2.45) is 0 Å². The summed E-state index contributed by atoms with van der Waals surface area (Å²) in [4.78, 5) is 13.6. The number of rotatable bonds is 4. The zero-order valence-electron chi connectivity index (χ0n) is 16.4. The van der Waals surface area contributed by atoms with Gasteiger partial charge in [-0.15, -0.1) is 0 Å². The first-order valence-electron chi connectivity index (χ1n) is 9.20. The van der Waals surface area contributed by atoms with Crippen molar-refractivity contribution in [3.8, 4) is 0 Å². The summed E-state index contributed by atoms with van der Waals surface area (Å²) in [5.41, 5.74) is 3.43. The number of ether oxygens (including phenoxy) is 1. The molecule has 10 heteroatoms. The van der Waals surface area contributed by atoms with Gasteiger partial charge in [-0.25, -0.2) is 5.01 Å². The number of nitrogens with zero attached hydrogens (tertiary/aromatic N) is 2. The van der Waals surface area contributed by atoms with Gasteiger partial charge in [0.25, 0.3) is 0 Å². The van der Waals surface area contributed by atoms with E-state index >= 15 is 0 Å². The number of halogens is 3. The first-order chi connectivity index (χ1) is 14.3. The lowest BCUT2D eigenvalue weighted by Crippen LogP contribution is -2.42. The second-order valence-corrected chi connectivity index (χ2v) is 6.69. The molecule has 0 fully saturated rings. The van der Waals surface area contributed by atoms with E-state index in [9.17, 15) is 23.1 Å². The number of aliphatic hydroxyl groups is 1. The molecular weight excluding hydrogens is 415 g/mol. The molecule has 0 radical (unpaired) electrons. The van der Waals surface area contributed by atoms with E-state index in [0.29, 0.717) is 17.1 Å². The summed E-state index contributed by atoms with van der Waals surface area (Å²) >= 11 is 0. The summed E-state index contributed by atoms with van der Waals surface area (Å²) in [7, 11) is 0. The number of anilines is 1. The monoisotopic (exact) mass is 435 g/mol. The lowest BCUT2D eigenvalue weighted by Gasteiger charge is -2.23. The molecule has 0 saturated heterocycles. The molecular formula is C21H20F3N3O4. The Hall–Kier alpha value is -3.66. The Morgan fingerprint density at radius 3 is 2.45 bits per heavy atom. The zero-order chi connectivity index (χ0) is 21.5. The SMILES string of the molecule is CCOC(=O)CN1C=c2ccccc2=C2NN(c3ccc(C(F)(F)F)cc3)C(O)=C21.O. The highest BCUT2D eigenvalue weighted by Gasteiger charge is 2.35. The fourth-order valence-corrected chi connectivity index (χ4v) is 3.42. The highest BCUT2D eigenvalue weighted by atomic mass is 19.4. The molecule has 164 valence electrons. The van der Waals surface area contributed by atoms with Gasteiger partial charge >= 0.3 is 12.1 Å². The minimum atomic E-state index is -4.45. The molecule has 2 heterocycles. The van der Waals surface area contributed by atoms with Gasteiger partial charge in [-0.1, -0.05) is 24.3 Å². The van der Waals surface area contributed by atoms with E-state index in [1.165, 1.54) is 17.1 Å². The van der Waals surface area contributed by atoms with Crippen LogP contribution in [0, 0.1) is 0 Å². The average molecular weight is 435 g/mol. The van der Waals surface area contributed by atoms with Crippen molar-refractivity contribution in [2.45, 2.75) is 13.1 Å². The summed E-state index contributed by atoms with van der Waals surface area (Å²) in [5.74, 6) is -0.708. The van der Waals surface area contributed by atoms with Crippen LogP contribution in [0.4, 0.5) is 18.9 Å². The van der Waals surface area contributed by atoms with E-state index in [-0.39, 0.29) is 24.5 Å². The third-order valence-electron chi connectivity index (χ3n) is 4.75. The predicted molar refractivity (Wildman–Crippen MR) is 107 cm³/mol. The van der Waals surface area contributed by atoms with Crippen LogP contribution in [0.15, 0.2) is 60.1 Å². The Kier molecular flexibility index (Phi) is 5.85. The van der Waals surface area contributed by atoms with E-state index < -0.39 is 17.7 Å². The van der Waals surface area contributed by atoms with Gasteiger partial charge in [-0.2, -0.15) is 13.2 Å². The quantitative estimate of drug-likeness (QED) is 0.704. The Bertz CT molecular complexity index is 1140. The van der Waals surface area contributed by atoms with Crippen LogP contribution in [-0.2, 0) is 15.7 Å². The van der Waals surface area contributed by atoms with Gasteiger partial charge in [0, 0.05) is 16.6 Å². The zero-order valence-corrected chi connectivity index (χ0v) is 16.4. The van der Waals surface area contributed by atoms with Crippen LogP contribution in [-0.4, -0.2) is 34.6 Å². The first kappa shape index (κ1) is 22.0. The molecule has 2 aromatic rings. The van der Waals surface area contributed by atoms with Gasteiger partial charge in [-0.3, -0.25) is 10.2 Å². The number of hydrazine groups is 1. The molecule has 7 nitrogen and oxygen atoms in total. The van der Waals surface area contributed by atoms with Gasteiger partial charge in [0.15, 0.2) is 0 Å². The number of alkyl halides is 3. The molecule has 2 aliphatic rings. The van der Waals surface area contributed by atoms with Crippen LogP contribution in [0.2, 0.25) is 0 Å². The number of carbonyl (C=O) groups is 1. The van der Waals surface area contributed by atoms with Crippen molar-refractivity contribution in [1.29, 1.82) is 0 Å². The van der Waals surface area contributed by atoms with Crippen molar-refractivity contribution < 1.29 is 33.3 Å². The number of nitrogens with one attached hydrogen (secondary N) is 1. The molecule has 2 aliphatic heterocycles. The maximum atomic E-state index is 12.9. The number of carbonyl (C=O) groups excluding carboxylic acids is 1. The molecule has 4 rings (SSSR count).